The van der Waals surface area contributed by atoms with E-state index < -0.39 is 0 Å². The summed E-state index contributed by atoms with van der Waals surface area (Å²) in [5.74, 6) is 0.0712. The first kappa shape index (κ1) is 13.6. The molecule has 0 aliphatic heterocycles. The van der Waals surface area contributed by atoms with E-state index in [2.05, 4.69) is 29.7 Å². The maximum absolute atomic E-state index is 4.94. The van der Waals surface area contributed by atoms with Crippen LogP contribution in [0.4, 0.5) is 0 Å². The molecule has 6 N–H and O–H groups in total. The Kier molecular flexibility index (Phi) is 14.4. The Morgan fingerprint density at radius 1 is 1.08 bits per heavy atom. The van der Waals surface area contributed by atoms with Gasteiger partial charge >= 0.3 is 0 Å². The van der Waals surface area contributed by atoms with Gasteiger partial charge in [0.25, 0.3) is 0 Å². The van der Waals surface area contributed by atoms with E-state index >= 15 is 0 Å². The highest BCUT2D eigenvalue weighted by molar-refractivity contribution is 5.75. The van der Waals surface area contributed by atoms with Crippen molar-refractivity contribution in [3.63, 3.8) is 0 Å². The molecule has 0 bridgehead atoms. The molecule has 0 fully saturated rings. The molecule has 0 spiro atoms. The molecule has 5 nitrogen and oxygen atoms in total. The van der Waals surface area contributed by atoms with Crippen LogP contribution in [0.1, 0.15) is 20.8 Å². The normalized spacial score (nSPS) is 7.92. The number of nitrogens with zero attached hydrogens (tertiary/aromatic N) is 1. The smallest absolute Gasteiger partial charge is 0.208 e. The number of hydrazone groups is 1. The van der Waals surface area contributed by atoms with Crippen LogP contribution in [-0.2, 0) is 0 Å². The summed E-state index contributed by atoms with van der Waals surface area (Å²) in [5, 5.41) is 6.58. The maximum Gasteiger partial charge on any atom is 0.208 e. The van der Waals surface area contributed by atoms with Crippen LogP contribution >= 0.6 is 0 Å². The average Bonchev–Trinajstić information content (AvgIpc) is 2.03. The fourth-order valence-corrected chi connectivity index (χ4v) is 0.420. The van der Waals surface area contributed by atoms with E-state index in [4.69, 9.17) is 11.5 Å². The van der Waals surface area contributed by atoms with E-state index in [-0.39, 0.29) is 5.96 Å². The van der Waals surface area contributed by atoms with Gasteiger partial charge in [-0.25, -0.2) is 0 Å². The first-order valence-corrected chi connectivity index (χ1v) is 4.21. The molecule has 0 aliphatic rings. The third kappa shape index (κ3) is 23.0. The largest absolute Gasteiger partial charge is 0.369 e. The molecule has 74 valence electrons. The molecule has 0 atom stereocenters. The fourth-order valence-electron chi connectivity index (χ4n) is 0.420. The third-order valence-corrected chi connectivity index (χ3v) is 0.866. The van der Waals surface area contributed by atoms with Gasteiger partial charge in [0, 0.05) is 6.54 Å². The standard InChI is InChI=1S/C4H11N.C3H10N4/c1-3-5-4-2;1-2-6-7-3(4)5/h5H,3-4H2,1-2H3;6H,2H2,1H3,(H4,4,5,7). The highest BCUT2D eigenvalue weighted by Crippen LogP contribution is 1.52. The Morgan fingerprint density at radius 3 is 1.67 bits per heavy atom. The molecule has 0 heterocycles. The Morgan fingerprint density at radius 2 is 1.58 bits per heavy atom. The molecular weight excluding hydrogens is 154 g/mol. The van der Waals surface area contributed by atoms with Crippen molar-refractivity contribution >= 4 is 5.96 Å². The van der Waals surface area contributed by atoms with Crippen molar-refractivity contribution in [1.82, 2.24) is 10.7 Å². The summed E-state index contributed by atoms with van der Waals surface area (Å²) < 4.78 is 0. The van der Waals surface area contributed by atoms with Crippen LogP contribution in [0.2, 0.25) is 0 Å². The second kappa shape index (κ2) is 12.7. The van der Waals surface area contributed by atoms with Gasteiger partial charge in [-0.05, 0) is 20.0 Å². The molecule has 0 saturated carbocycles. The van der Waals surface area contributed by atoms with Gasteiger partial charge in [0.2, 0.25) is 5.96 Å². The van der Waals surface area contributed by atoms with Crippen molar-refractivity contribution in [2.45, 2.75) is 20.8 Å². The van der Waals surface area contributed by atoms with Gasteiger partial charge in [-0.1, -0.05) is 13.8 Å². The van der Waals surface area contributed by atoms with Gasteiger partial charge in [0.1, 0.15) is 0 Å². The molecule has 0 amide bonds. The second-order valence-corrected chi connectivity index (χ2v) is 2.01. The summed E-state index contributed by atoms with van der Waals surface area (Å²) in [7, 11) is 0. The van der Waals surface area contributed by atoms with Crippen molar-refractivity contribution in [3.8, 4) is 0 Å². The Bertz CT molecular complexity index is 96.0. The monoisotopic (exact) mass is 175 g/mol. The second-order valence-electron chi connectivity index (χ2n) is 2.01. The van der Waals surface area contributed by atoms with Crippen molar-refractivity contribution in [3.05, 3.63) is 0 Å². The molecule has 5 heteroatoms. The van der Waals surface area contributed by atoms with Crippen LogP contribution in [-0.4, -0.2) is 25.6 Å². The lowest BCUT2D eigenvalue weighted by molar-refractivity contribution is 0.762. The van der Waals surface area contributed by atoms with Crippen LogP contribution < -0.4 is 22.2 Å². The van der Waals surface area contributed by atoms with Crippen LogP contribution in [0.25, 0.3) is 0 Å². The van der Waals surface area contributed by atoms with Crippen LogP contribution in [0.15, 0.2) is 5.10 Å². The van der Waals surface area contributed by atoms with E-state index in [1.165, 1.54) is 0 Å². The van der Waals surface area contributed by atoms with Crippen LogP contribution in [0.3, 0.4) is 0 Å². The van der Waals surface area contributed by atoms with E-state index in [1.807, 2.05) is 6.92 Å². The summed E-state index contributed by atoms with van der Waals surface area (Å²) in [6, 6.07) is 0. The molecule has 0 unspecified atom stereocenters. The minimum absolute atomic E-state index is 0.0712. The molecule has 0 radical (unpaired) electrons. The van der Waals surface area contributed by atoms with Gasteiger partial charge in [-0.3, -0.25) is 0 Å². The fraction of sp³-hybridized carbons (Fsp3) is 0.857. The molecule has 0 aromatic carbocycles. The molecule has 12 heavy (non-hydrogen) atoms. The van der Waals surface area contributed by atoms with Gasteiger partial charge < -0.3 is 22.2 Å². The SMILES string of the molecule is CCNCC.CCNN=C(N)N. The van der Waals surface area contributed by atoms with Crippen molar-refractivity contribution in [2.24, 2.45) is 16.6 Å². The summed E-state index contributed by atoms with van der Waals surface area (Å²) in [4.78, 5) is 0. The lowest BCUT2D eigenvalue weighted by Crippen LogP contribution is -2.26. The first-order chi connectivity index (χ1) is 5.68. The minimum Gasteiger partial charge on any atom is -0.369 e. The van der Waals surface area contributed by atoms with Gasteiger partial charge in [0.15, 0.2) is 0 Å². The summed E-state index contributed by atoms with van der Waals surface area (Å²) >= 11 is 0. The molecule has 0 aromatic heterocycles. The van der Waals surface area contributed by atoms with Gasteiger partial charge in [-0.15, -0.1) is 5.10 Å². The lowest BCUT2D eigenvalue weighted by atomic mass is 10.7. The molecule has 0 rings (SSSR count). The number of guanidine groups is 1. The Labute approximate surface area is 74.6 Å². The van der Waals surface area contributed by atoms with Gasteiger partial charge in [-0.2, -0.15) is 0 Å². The molecule has 0 saturated heterocycles. The number of hydrogen-bond acceptors (Lipinski definition) is 3. The maximum atomic E-state index is 4.94. The molecule has 0 aromatic rings. The quantitative estimate of drug-likeness (QED) is 0.261. The predicted molar refractivity (Wildman–Crippen MR) is 53.7 cm³/mol. The number of hydrogen-bond donors (Lipinski definition) is 4. The number of rotatable bonds is 4. The van der Waals surface area contributed by atoms with E-state index in [0.717, 1.165) is 19.6 Å². The Hall–Kier alpha value is -0.970. The molecular formula is C7H21N5. The average molecular weight is 175 g/mol. The van der Waals surface area contributed by atoms with E-state index in [0.29, 0.717) is 0 Å². The summed E-state index contributed by atoms with van der Waals surface area (Å²) in [6.45, 7) is 9.05. The van der Waals surface area contributed by atoms with E-state index in [1.54, 1.807) is 0 Å². The first-order valence-electron chi connectivity index (χ1n) is 4.21. The zero-order chi connectivity index (χ0) is 9.82. The van der Waals surface area contributed by atoms with Gasteiger partial charge in [0.05, 0.1) is 0 Å². The van der Waals surface area contributed by atoms with Crippen molar-refractivity contribution < 1.29 is 0 Å². The van der Waals surface area contributed by atoms with Crippen molar-refractivity contribution in [1.29, 1.82) is 0 Å². The zero-order valence-corrected chi connectivity index (χ0v) is 8.22. The predicted octanol–water partition coefficient (Wildman–Crippen LogP) is -0.600. The van der Waals surface area contributed by atoms with Crippen molar-refractivity contribution in [2.75, 3.05) is 19.6 Å². The summed E-state index contributed by atoms with van der Waals surface area (Å²) in [5.41, 5.74) is 12.5. The topological polar surface area (TPSA) is 88.5 Å². The highest BCUT2D eigenvalue weighted by Gasteiger charge is 1.71. The van der Waals surface area contributed by atoms with E-state index in [9.17, 15) is 0 Å². The number of nitrogens with one attached hydrogen (secondary N) is 2. The van der Waals surface area contributed by atoms with Crippen LogP contribution in [0.5, 0.6) is 0 Å². The Balaban J connectivity index is 0. The number of nitrogens with two attached hydrogens (primary N) is 2. The minimum atomic E-state index is 0.0712. The zero-order valence-electron chi connectivity index (χ0n) is 8.22. The lowest BCUT2D eigenvalue weighted by Gasteiger charge is -1.90. The molecule has 0 aliphatic carbocycles. The highest BCUT2D eigenvalue weighted by atomic mass is 15.3. The summed E-state index contributed by atoms with van der Waals surface area (Å²) in [6.07, 6.45) is 0. The third-order valence-electron chi connectivity index (χ3n) is 0.866. The van der Waals surface area contributed by atoms with Crippen LogP contribution in [0, 0.1) is 0 Å².